The van der Waals surface area contributed by atoms with Crippen molar-refractivity contribution in [2.75, 3.05) is 6.54 Å². The summed E-state index contributed by atoms with van der Waals surface area (Å²) in [5.41, 5.74) is 0.175. The Hall–Kier alpha value is -1.04. The van der Waals surface area contributed by atoms with Gasteiger partial charge in [-0.15, -0.1) is 0 Å². The van der Waals surface area contributed by atoms with Gasteiger partial charge in [0.2, 0.25) is 5.91 Å². The van der Waals surface area contributed by atoms with Gasteiger partial charge in [0.25, 0.3) is 0 Å². The summed E-state index contributed by atoms with van der Waals surface area (Å²) in [5.74, 6) is 0.387. The molecule has 2 unspecified atom stereocenters. The first-order chi connectivity index (χ1) is 7.06. The average Bonchev–Trinajstić information content (AvgIpc) is 2.86. The van der Waals surface area contributed by atoms with Crippen LogP contribution in [-0.2, 0) is 4.79 Å². The second-order valence-electron chi connectivity index (χ2n) is 5.42. The van der Waals surface area contributed by atoms with E-state index in [1.165, 1.54) is 0 Å². The Morgan fingerprint density at radius 3 is 2.67 bits per heavy atom. The van der Waals surface area contributed by atoms with Crippen LogP contribution in [0.2, 0.25) is 0 Å². The van der Waals surface area contributed by atoms with E-state index in [0.29, 0.717) is 0 Å². The van der Waals surface area contributed by atoms with Crippen molar-refractivity contribution in [2.45, 2.75) is 45.6 Å². The van der Waals surface area contributed by atoms with Crippen LogP contribution in [0.1, 0.15) is 39.5 Å². The van der Waals surface area contributed by atoms with Crippen LogP contribution in [0.3, 0.4) is 0 Å². The van der Waals surface area contributed by atoms with E-state index in [1.807, 2.05) is 4.90 Å². The van der Waals surface area contributed by atoms with Gasteiger partial charge >= 0.3 is 0 Å². The minimum absolute atomic E-state index is 0.164. The fourth-order valence-corrected chi connectivity index (χ4v) is 2.42. The minimum Gasteiger partial charge on any atom is -0.326 e. The van der Waals surface area contributed by atoms with Crippen molar-refractivity contribution in [1.29, 1.82) is 5.26 Å². The zero-order valence-corrected chi connectivity index (χ0v) is 9.49. The lowest BCUT2D eigenvalue weighted by atomic mass is 10.0. The summed E-state index contributed by atoms with van der Waals surface area (Å²) in [6.45, 7) is 5.03. The third kappa shape index (κ3) is 1.86. The molecule has 2 aliphatic rings. The number of nitriles is 1. The molecule has 0 bridgehead atoms. The number of hydrogen-bond acceptors (Lipinski definition) is 2. The first kappa shape index (κ1) is 10.5. The van der Waals surface area contributed by atoms with Gasteiger partial charge in [-0.3, -0.25) is 4.79 Å². The van der Waals surface area contributed by atoms with Gasteiger partial charge in [-0.05, 0) is 31.1 Å². The Morgan fingerprint density at radius 1 is 1.47 bits per heavy atom. The van der Waals surface area contributed by atoms with Gasteiger partial charge in [-0.2, -0.15) is 5.26 Å². The normalized spacial score (nSPS) is 33.3. The number of likely N-dealkylation sites (tertiary alicyclic amines) is 1. The number of piperidine rings is 1. The first-order valence-corrected chi connectivity index (χ1v) is 5.76. The van der Waals surface area contributed by atoms with E-state index >= 15 is 0 Å². The average molecular weight is 206 g/mol. The molecule has 3 heteroatoms. The Kier molecular flexibility index (Phi) is 2.46. The van der Waals surface area contributed by atoms with Crippen LogP contribution < -0.4 is 0 Å². The quantitative estimate of drug-likeness (QED) is 0.658. The maximum atomic E-state index is 12.1. The van der Waals surface area contributed by atoms with E-state index in [9.17, 15) is 4.79 Å². The highest BCUT2D eigenvalue weighted by atomic mass is 16.2. The molecule has 1 saturated heterocycles. The van der Waals surface area contributed by atoms with Crippen molar-refractivity contribution >= 4 is 5.91 Å². The number of hydrogen-bond donors (Lipinski definition) is 0. The highest BCUT2D eigenvalue weighted by Crippen LogP contribution is 2.52. The summed E-state index contributed by atoms with van der Waals surface area (Å²) in [7, 11) is 0. The van der Waals surface area contributed by atoms with Crippen LogP contribution in [0.4, 0.5) is 0 Å². The fourth-order valence-electron chi connectivity index (χ4n) is 2.42. The standard InChI is InChI=1S/C12H18N2O/c1-12(2)7-10(12)11(15)14-6-4-3-5-9(14)8-13/h9-10H,3-7H2,1-2H3. The monoisotopic (exact) mass is 206 g/mol. The zero-order chi connectivity index (χ0) is 11.1. The molecule has 0 aromatic rings. The van der Waals surface area contributed by atoms with E-state index in [4.69, 9.17) is 5.26 Å². The van der Waals surface area contributed by atoms with E-state index in [-0.39, 0.29) is 23.3 Å². The van der Waals surface area contributed by atoms with E-state index in [2.05, 4.69) is 19.9 Å². The van der Waals surface area contributed by atoms with Crippen LogP contribution in [0, 0.1) is 22.7 Å². The second kappa shape index (κ2) is 3.52. The Labute approximate surface area is 91.1 Å². The van der Waals surface area contributed by atoms with Gasteiger partial charge < -0.3 is 4.90 Å². The van der Waals surface area contributed by atoms with Gasteiger partial charge in [0.1, 0.15) is 6.04 Å². The molecule has 0 aromatic heterocycles. The molecule has 0 radical (unpaired) electrons. The molecule has 1 amide bonds. The molecule has 82 valence electrons. The summed E-state index contributed by atoms with van der Waals surface area (Å²) in [6.07, 6.45) is 3.98. The van der Waals surface area contributed by atoms with Crippen molar-refractivity contribution in [3.05, 3.63) is 0 Å². The lowest BCUT2D eigenvalue weighted by Crippen LogP contribution is -2.44. The molecule has 15 heavy (non-hydrogen) atoms. The summed E-state index contributed by atoms with van der Waals surface area (Å²) >= 11 is 0. The summed E-state index contributed by atoms with van der Waals surface area (Å²) in [5, 5.41) is 9.00. The molecule has 2 rings (SSSR count). The zero-order valence-electron chi connectivity index (χ0n) is 9.49. The van der Waals surface area contributed by atoms with Gasteiger partial charge in [0.15, 0.2) is 0 Å². The van der Waals surface area contributed by atoms with E-state index < -0.39 is 0 Å². The van der Waals surface area contributed by atoms with E-state index in [0.717, 1.165) is 32.2 Å². The largest absolute Gasteiger partial charge is 0.326 e. The van der Waals surface area contributed by atoms with Crippen molar-refractivity contribution in [1.82, 2.24) is 4.90 Å². The molecule has 0 aromatic carbocycles. The molecule has 1 aliphatic heterocycles. The highest BCUT2D eigenvalue weighted by molar-refractivity contribution is 5.83. The van der Waals surface area contributed by atoms with Gasteiger partial charge in [-0.25, -0.2) is 0 Å². The lowest BCUT2D eigenvalue weighted by Gasteiger charge is -2.32. The minimum atomic E-state index is -0.164. The molecule has 0 N–H and O–H groups in total. The van der Waals surface area contributed by atoms with Crippen LogP contribution in [0.5, 0.6) is 0 Å². The summed E-state index contributed by atoms with van der Waals surface area (Å²) in [4.78, 5) is 13.9. The predicted octanol–water partition coefficient (Wildman–Crippen LogP) is 1.94. The molecule has 1 aliphatic carbocycles. The molecule has 0 spiro atoms. The second-order valence-corrected chi connectivity index (χ2v) is 5.42. The van der Waals surface area contributed by atoms with Crippen molar-refractivity contribution < 1.29 is 4.79 Å². The topological polar surface area (TPSA) is 44.1 Å². The third-order valence-corrected chi connectivity index (χ3v) is 3.75. The smallest absolute Gasteiger partial charge is 0.227 e. The summed E-state index contributed by atoms with van der Waals surface area (Å²) < 4.78 is 0. The maximum absolute atomic E-state index is 12.1. The maximum Gasteiger partial charge on any atom is 0.227 e. The molecule has 1 heterocycles. The Bertz CT molecular complexity index is 316. The molecule has 1 saturated carbocycles. The van der Waals surface area contributed by atoms with Gasteiger partial charge in [0.05, 0.1) is 6.07 Å². The predicted molar refractivity (Wildman–Crippen MR) is 56.9 cm³/mol. The van der Waals surface area contributed by atoms with Crippen LogP contribution in [0.25, 0.3) is 0 Å². The van der Waals surface area contributed by atoms with Gasteiger partial charge in [-0.1, -0.05) is 13.8 Å². The Balaban J connectivity index is 2.03. The molecular weight excluding hydrogens is 188 g/mol. The van der Waals surface area contributed by atoms with Crippen molar-refractivity contribution in [2.24, 2.45) is 11.3 Å². The third-order valence-electron chi connectivity index (χ3n) is 3.75. The summed E-state index contributed by atoms with van der Waals surface area (Å²) in [6, 6.07) is 2.09. The van der Waals surface area contributed by atoms with Crippen molar-refractivity contribution in [3.63, 3.8) is 0 Å². The van der Waals surface area contributed by atoms with Crippen LogP contribution >= 0.6 is 0 Å². The number of nitrogens with zero attached hydrogens (tertiary/aromatic N) is 2. The molecular formula is C12H18N2O. The molecule has 2 atom stereocenters. The Morgan fingerprint density at radius 2 is 2.13 bits per heavy atom. The lowest BCUT2D eigenvalue weighted by molar-refractivity contribution is -0.135. The number of amides is 1. The number of rotatable bonds is 1. The van der Waals surface area contributed by atoms with E-state index in [1.54, 1.807) is 0 Å². The highest BCUT2D eigenvalue weighted by Gasteiger charge is 2.52. The first-order valence-electron chi connectivity index (χ1n) is 5.76. The van der Waals surface area contributed by atoms with Crippen molar-refractivity contribution in [3.8, 4) is 6.07 Å². The molecule has 3 nitrogen and oxygen atoms in total. The fraction of sp³-hybridized carbons (Fsp3) is 0.833. The molecule has 2 fully saturated rings. The van der Waals surface area contributed by atoms with Crippen LogP contribution in [-0.4, -0.2) is 23.4 Å². The number of carbonyl (C=O) groups is 1. The van der Waals surface area contributed by atoms with Gasteiger partial charge in [0, 0.05) is 12.5 Å². The number of carbonyl (C=O) groups excluding carboxylic acids is 1. The van der Waals surface area contributed by atoms with Crippen LogP contribution in [0.15, 0.2) is 0 Å². The SMILES string of the molecule is CC1(C)CC1C(=O)N1CCCCC1C#N.